The SMILES string of the molecule is CC(C)(C)OC(=O)NCCCOCCOCCOCCCNC(=O)CCCC(=O)NCCCOCCOCCOCCCNC(=O)OC(C)(C)C. The molecular formula is C35H68N4O12. The first kappa shape index (κ1) is 48.2. The number of carbonyl (C=O) groups excluding carboxylic acids is 4. The minimum atomic E-state index is -0.509. The van der Waals surface area contributed by atoms with Crippen molar-refractivity contribution in [2.24, 2.45) is 0 Å². The number of hydrogen-bond acceptors (Lipinski definition) is 12. The van der Waals surface area contributed by atoms with Crippen LogP contribution in [0.5, 0.6) is 0 Å². The fourth-order valence-electron chi connectivity index (χ4n) is 3.83. The monoisotopic (exact) mass is 736 g/mol. The zero-order chi connectivity index (χ0) is 38.1. The van der Waals surface area contributed by atoms with Crippen molar-refractivity contribution in [3.63, 3.8) is 0 Å². The molecule has 300 valence electrons. The van der Waals surface area contributed by atoms with Crippen LogP contribution in [0.25, 0.3) is 0 Å². The second-order valence-electron chi connectivity index (χ2n) is 13.5. The highest BCUT2D eigenvalue weighted by molar-refractivity contribution is 5.78. The van der Waals surface area contributed by atoms with Crippen molar-refractivity contribution in [1.82, 2.24) is 21.3 Å². The van der Waals surface area contributed by atoms with Gasteiger partial charge in [-0.15, -0.1) is 0 Å². The number of nitrogens with one attached hydrogen (secondary N) is 4. The fourth-order valence-corrected chi connectivity index (χ4v) is 3.83. The van der Waals surface area contributed by atoms with Crippen LogP contribution in [0.15, 0.2) is 0 Å². The molecule has 0 aliphatic carbocycles. The molecule has 4 N–H and O–H groups in total. The van der Waals surface area contributed by atoms with E-state index in [0.717, 1.165) is 0 Å². The second-order valence-corrected chi connectivity index (χ2v) is 13.5. The van der Waals surface area contributed by atoms with Crippen molar-refractivity contribution in [2.75, 3.05) is 105 Å². The lowest BCUT2D eigenvalue weighted by atomic mass is 10.2. The molecule has 0 unspecified atom stereocenters. The van der Waals surface area contributed by atoms with E-state index in [1.54, 1.807) is 0 Å². The first-order valence-electron chi connectivity index (χ1n) is 18.2. The fraction of sp³-hybridized carbons (Fsp3) is 0.886. The summed E-state index contributed by atoms with van der Waals surface area (Å²) in [6.45, 7) is 18.6. The van der Waals surface area contributed by atoms with E-state index in [1.165, 1.54) is 0 Å². The molecule has 0 heterocycles. The highest BCUT2D eigenvalue weighted by atomic mass is 16.6. The number of rotatable bonds is 32. The Morgan fingerprint density at radius 2 is 0.627 bits per heavy atom. The second kappa shape index (κ2) is 31.9. The van der Waals surface area contributed by atoms with Gasteiger partial charge >= 0.3 is 12.2 Å². The number of amides is 4. The van der Waals surface area contributed by atoms with E-state index in [9.17, 15) is 19.2 Å². The van der Waals surface area contributed by atoms with Crippen LogP contribution in [0.2, 0.25) is 0 Å². The van der Waals surface area contributed by atoms with E-state index in [1.807, 2.05) is 41.5 Å². The standard InChI is InChI=1S/C35H68N4O12/c1-34(2,3)50-32(42)38-16-10-20-46-24-28-48-26-22-44-18-8-14-36-30(40)12-7-13-31(41)37-15-9-19-45-23-27-49-29-25-47-21-11-17-39-33(43)51-35(4,5)6/h7-29H2,1-6H3,(H,36,40)(H,37,41)(H,38,42)(H,39,43). The molecule has 0 atom stereocenters. The molecule has 0 aromatic carbocycles. The largest absolute Gasteiger partial charge is 0.444 e. The lowest BCUT2D eigenvalue weighted by Crippen LogP contribution is -2.33. The molecule has 0 saturated carbocycles. The van der Waals surface area contributed by atoms with E-state index in [0.29, 0.717) is 150 Å². The van der Waals surface area contributed by atoms with Crippen LogP contribution in [0.4, 0.5) is 9.59 Å². The van der Waals surface area contributed by atoms with Gasteiger partial charge in [-0.25, -0.2) is 9.59 Å². The van der Waals surface area contributed by atoms with Gasteiger partial charge < -0.3 is 59.2 Å². The van der Waals surface area contributed by atoms with E-state index < -0.39 is 23.4 Å². The lowest BCUT2D eigenvalue weighted by Gasteiger charge is -2.19. The molecule has 0 radical (unpaired) electrons. The topological polar surface area (TPSA) is 190 Å². The molecule has 16 heteroatoms. The molecule has 0 saturated heterocycles. The van der Waals surface area contributed by atoms with Crippen LogP contribution < -0.4 is 21.3 Å². The molecule has 0 bridgehead atoms. The van der Waals surface area contributed by atoms with Crippen molar-refractivity contribution in [1.29, 1.82) is 0 Å². The summed E-state index contributed by atoms with van der Waals surface area (Å²) in [5.74, 6) is -0.164. The Hall–Kier alpha value is -2.76. The van der Waals surface area contributed by atoms with Crippen molar-refractivity contribution in [3.05, 3.63) is 0 Å². The van der Waals surface area contributed by atoms with Gasteiger partial charge in [-0.1, -0.05) is 0 Å². The zero-order valence-electron chi connectivity index (χ0n) is 32.2. The maximum absolute atomic E-state index is 12.0. The van der Waals surface area contributed by atoms with Crippen LogP contribution in [0.1, 0.15) is 86.5 Å². The summed E-state index contributed by atoms with van der Waals surface area (Å²) in [7, 11) is 0. The maximum atomic E-state index is 12.0. The molecular weight excluding hydrogens is 668 g/mol. The number of hydrogen-bond donors (Lipinski definition) is 4. The predicted octanol–water partition coefficient (Wildman–Crippen LogP) is 3.10. The molecule has 0 spiro atoms. The van der Waals surface area contributed by atoms with Gasteiger partial charge in [0.05, 0.1) is 52.9 Å². The molecule has 16 nitrogen and oxygen atoms in total. The molecule has 0 fully saturated rings. The van der Waals surface area contributed by atoms with Crippen LogP contribution in [0.3, 0.4) is 0 Å². The highest BCUT2D eigenvalue weighted by Crippen LogP contribution is 2.07. The van der Waals surface area contributed by atoms with Crippen LogP contribution >= 0.6 is 0 Å². The third kappa shape index (κ3) is 39.9. The Morgan fingerprint density at radius 1 is 0.373 bits per heavy atom. The molecule has 51 heavy (non-hydrogen) atoms. The Balaban J connectivity index is 3.35. The Labute approximate surface area is 305 Å². The highest BCUT2D eigenvalue weighted by Gasteiger charge is 2.16. The summed E-state index contributed by atoms with van der Waals surface area (Å²) < 4.78 is 43.2. The Kier molecular flexibility index (Phi) is 30.2. The van der Waals surface area contributed by atoms with E-state index in [4.69, 9.17) is 37.9 Å². The summed E-state index contributed by atoms with van der Waals surface area (Å²) in [5, 5.41) is 11.0. The number of ether oxygens (including phenoxy) is 8. The zero-order valence-corrected chi connectivity index (χ0v) is 32.2. The van der Waals surface area contributed by atoms with E-state index in [-0.39, 0.29) is 11.8 Å². The summed E-state index contributed by atoms with van der Waals surface area (Å²) in [4.78, 5) is 47.0. The van der Waals surface area contributed by atoms with E-state index >= 15 is 0 Å². The van der Waals surface area contributed by atoms with Crippen molar-refractivity contribution >= 4 is 24.0 Å². The summed E-state index contributed by atoms with van der Waals surface area (Å²) in [6, 6.07) is 0. The average molecular weight is 737 g/mol. The smallest absolute Gasteiger partial charge is 0.407 e. The van der Waals surface area contributed by atoms with Crippen molar-refractivity contribution < 1.29 is 57.1 Å². The third-order valence-electron chi connectivity index (χ3n) is 6.14. The quantitative estimate of drug-likeness (QED) is 0.0740. The van der Waals surface area contributed by atoms with Gasteiger partial charge in [0.2, 0.25) is 11.8 Å². The first-order chi connectivity index (χ1) is 24.3. The van der Waals surface area contributed by atoms with Crippen LogP contribution in [-0.4, -0.2) is 141 Å². The molecule has 0 aliphatic rings. The summed E-state index contributed by atoms with van der Waals surface area (Å²) >= 11 is 0. The van der Waals surface area contributed by atoms with Gasteiger partial charge in [0, 0.05) is 65.4 Å². The average Bonchev–Trinajstić information content (AvgIpc) is 3.03. The summed E-state index contributed by atoms with van der Waals surface area (Å²) in [6.07, 6.45) is 2.96. The van der Waals surface area contributed by atoms with Crippen molar-refractivity contribution in [3.8, 4) is 0 Å². The minimum Gasteiger partial charge on any atom is -0.444 e. The number of carbonyl (C=O) groups is 4. The third-order valence-corrected chi connectivity index (χ3v) is 6.14. The van der Waals surface area contributed by atoms with Gasteiger partial charge in [0.15, 0.2) is 0 Å². The van der Waals surface area contributed by atoms with Gasteiger partial charge in [-0.3, -0.25) is 9.59 Å². The van der Waals surface area contributed by atoms with Crippen LogP contribution in [0, 0.1) is 0 Å². The molecule has 0 rings (SSSR count). The maximum Gasteiger partial charge on any atom is 0.407 e. The molecule has 0 aliphatic heterocycles. The van der Waals surface area contributed by atoms with Gasteiger partial charge in [-0.05, 0) is 73.6 Å². The predicted molar refractivity (Wildman–Crippen MR) is 192 cm³/mol. The van der Waals surface area contributed by atoms with Crippen LogP contribution in [-0.2, 0) is 47.5 Å². The first-order valence-corrected chi connectivity index (χ1v) is 18.2. The number of alkyl carbamates (subject to hydrolysis) is 2. The van der Waals surface area contributed by atoms with Gasteiger partial charge in [0.1, 0.15) is 11.2 Å². The summed E-state index contributed by atoms with van der Waals surface area (Å²) in [5.41, 5.74) is -1.02. The molecule has 4 amide bonds. The molecule has 0 aromatic heterocycles. The Bertz CT molecular complexity index is 827. The lowest BCUT2D eigenvalue weighted by molar-refractivity contribution is -0.122. The van der Waals surface area contributed by atoms with Gasteiger partial charge in [0.25, 0.3) is 0 Å². The van der Waals surface area contributed by atoms with Gasteiger partial charge in [-0.2, -0.15) is 0 Å². The minimum absolute atomic E-state index is 0.0819. The van der Waals surface area contributed by atoms with E-state index in [2.05, 4.69) is 21.3 Å². The Morgan fingerprint density at radius 3 is 0.902 bits per heavy atom. The molecule has 0 aromatic rings. The van der Waals surface area contributed by atoms with Crippen molar-refractivity contribution in [2.45, 2.75) is 97.7 Å². The normalized spacial score (nSPS) is 11.6.